The van der Waals surface area contributed by atoms with Crippen molar-refractivity contribution in [2.45, 2.75) is 19.4 Å². The highest BCUT2D eigenvalue weighted by Crippen LogP contribution is 2.07. The molecule has 0 bridgehead atoms. The fourth-order valence-corrected chi connectivity index (χ4v) is 2.15. The summed E-state index contributed by atoms with van der Waals surface area (Å²) in [6.07, 6.45) is 1.18. The van der Waals surface area contributed by atoms with Gasteiger partial charge in [0.15, 0.2) is 0 Å². The molecular weight excluding hydrogens is 206 g/mol. The van der Waals surface area contributed by atoms with Gasteiger partial charge in [-0.25, -0.2) is 0 Å². The average Bonchev–Trinajstić information content (AvgIpc) is 2.32. The Balaban J connectivity index is 2.41. The van der Waals surface area contributed by atoms with Crippen molar-refractivity contribution in [3.63, 3.8) is 0 Å². The first-order valence-corrected chi connectivity index (χ1v) is 5.97. The molecule has 1 aliphatic rings. The molecule has 0 saturated carbocycles. The summed E-state index contributed by atoms with van der Waals surface area (Å²) in [5.74, 6) is -0.216. The van der Waals surface area contributed by atoms with Gasteiger partial charge < -0.3 is 15.4 Å². The maximum absolute atomic E-state index is 11.5. The Labute approximate surface area is 97.5 Å². The normalized spacial score (nSPS) is 20.7. The Bertz CT molecular complexity index is 215. The Morgan fingerprint density at radius 1 is 1.38 bits per heavy atom. The minimum atomic E-state index is -0.270. The second-order valence-corrected chi connectivity index (χ2v) is 4.15. The summed E-state index contributed by atoms with van der Waals surface area (Å²) >= 11 is 0. The molecule has 0 radical (unpaired) electrons. The zero-order valence-electron chi connectivity index (χ0n) is 10.3. The van der Waals surface area contributed by atoms with Crippen LogP contribution in [0, 0.1) is 0 Å². The first-order chi connectivity index (χ1) is 7.72. The smallest absolute Gasteiger partial charge is 0.324 e. The first kappa shape index (κ1) is 13.4. The van der Waals surface area contributed by atoms with Gasteiger partial charge >= 0.3 is 5.97 Å². The van der Waals surface area contributed by atoms with Crippen LogP contribution >= 0.6 is 0 Å². The SMILES string of the molecule is CCCN1CCN(C(CN)C(=O)OC)CC1. The van der Waals surface area contributed by atoms with Gasteiger partial charge in [-0.3, -0.25) is 9.69 Å². The number of hydrogen-bond donors (Lipinski definition) is 1. The van der Waals surface area contributed by atoms with Crippen LogP contribution in [0.1, 0.15) is 13.3 Å². The van der Waals surface area contributed by atoms with E-state index < -0.39 is 0 Å². The summed E-state index contributed by atoms with van der Waals surface area (Å²) < 4.78 is 4.76. The lowest BCUT2D eigenvalue weighted by Gasteiger charge is -2.37. The fourth-order valence-electron chi connectivity index (χ4n) is 2.15. The number of rotatable bonds is 5. The predicted octanol–water partition coefficient (Wildman–Crippen LogP) is -0.486. The van der Waals surface area contributed by atoms with Crippen LogP contribution in [0.3, 0.4) is 0 Å². The molecule has 5 nitrogen and oxygen atoms in total. The number of piperazine rings is 1. The monoisotopic (exact) mass is 229 g/mol. The van der Waals surface area contributed by atoms with E-state index in [1.807, 2.05) is 0 Å². The molecule has 5 heteroatoms. The molecule has 2 N–H and O–H groups in total. The zero-order valence-corrected chi connectivity index (χ0v) is 10.3. The van der Waals surface area contributed by atoms with Crippen LogP contribution in [0.25, 0.3) is 0 Å². The minimum absolute atomic E-state index is 0.216. The Morgan fingerprint density at radius 2 is 2.00 bits per heavy atom. The summed E-state index contributed by atoms with van der Waals surface area (Å²) in [7, 11) is 1.42. The number of esters is 1. The molecule has 0 aromatic carbocycles. The van der Waals surface area contributed by atoms with Gasteiger partial charge in [-0.15, -0.1) is 0 Å². The van der Waals surface area contributed by atoms with Gasteiger partial charge in [0.2, 0.25) is 0 Å². The van der Waals surface area contributed by atoms with E-state index in [1.165, 1.54) is 13.5 Å². The molecule has 1 aliphatic heterocycles. The van der Waals surface area contributed by atoms with E-state index in [1.54, 1.807) is 0 Å². The van der Waals surface area contributed by atoms with Gasteiger partial charge in [-0.05, 0) is 13.0 Å². The second-order valence-electron chi connectivity index (χ2n) is 4.15. The van der Waals surface area contributed by atoms with Crippen molar-refractivity contribution in [1.82, 2.24) is 9.80 Å². The summed E-state index contributed by atoms with van der Waals surface area (Å²) in [5.41, 5.74) is 5.62. The van der Waals surface area contributed by atoms with Crippen LogP contribution in [-0.2, 0) is 9.53 Å². The highest BCUT2D eigenvalue weighted by atomic mass is 16.5. The molecule has 16 heavy (non-hydrogen) atoms. The Hall–Kier alpha value is -0.650. The number of methoxy groups -OCH3 is 1. The van der Waals surface area contributed by atoms with E-state index in [4.69, 9.17) is 10.5 Å². The number of nitrogens with zero attached hydrogens (tertiary/aromatic N) is 2. The number of ether oxygens (including phenoxy) is 1. The molecular formula is C11H23N3O2. The molecule has 0 aromatic heterocycles. The van der Waals surface area contributed by atoms with Gasteiger partial charge in [0, 0.05) is 32.7 Å². The van der Waals surface area contributed by atoms with E-state index in [0.717, 1.165) is 32.7 Å². The van der Waals surface area contributed by atoms with E-state index in [2.05, 4.69) is 16.7 Å². The van der Waals surface area contributed by atoms with E-state index >= 15 is 0 Å². The van der Waals surface area contributed by atoms with Crippen LogP contribution in [0.5, 0.6) is 0 Å². The molecule has 1 atom stereocenters. The molecule has 1 unspecified atom stereocenters. The van der Waals surface area contributed by atoms with Crippen LogP contribution in [-0.4, -0.2) is 68.2 Å². The van der Waals surface area contributed by atoms with Crippen molar-refractivity contribution in [3.8, 4) is 0 Å². The predicted molar refractivity (Wildman–Crippen MR) is 63.2 cm³/mol. The molecule has 0 aliphatic carbocycles. The van der Waals surface area contributed by atoms with Crippen molar-refractivity contribution in [2.75, 3.05) is 46.4 Å². The molecule has 1 saturated heterocycles. The molecule has 1 rings (SSSR count). The quantitative estimate of drug-likeness (QED) is 0.645. The topological polar surface area (TPSA) is 58.8 Å². The first-order valence-electron chi connectivity index (χ1n) is 5.97. The van der Waals surface area contributed by atoms with Gasteiger partial charge in [0.05, 0.1) is 7.11 Å². The minimum Gasteiger partial charge on any atom is -0.468 e. The van der Waals surface area contributed by atoms with E-state index in [0.29, 0.717) is 6.54 Å². The molecule has 0 spiro atoms. The van der Waals surface area contributed by atoms with E-state index in [-0.39, 0.29) is 12.0 Å². The highest BCUT2D eigenvalue weighted by molar-refractivity contribution is 5.75. The lowest BCUT2D eigenvalue weighted by Crippen LogP contribution is -2.55. The average molecular weight is 229 g/mol. The molecule has 0 aromatic rings. The molecule has 0 amide bonds. The number of nitrogens with two attached hydrogens (primary N) is 1. The van der Waals surface area contributed by atoms with Gasteiger partial charge in [-0.2, -0.15) is 0 Å². The lowest BCUT2D eigenvalue weighted by atomic mass is 10.2. The van der Waals surface area contributed by atoms with Gasteiger partial charge in [0.1, 0.15) is 6.04 Å². The van der Waals surface area contributed by atoms with Crippen LogP contribution in [0.4, 0.5) is 0 Å². The summed E-state index contributed by atoms with van der Waals surface area (Å²) in [4.78, 5) is 16.0. The fraction of sp³-hybridized carbons (Fsp3) is 0.909. The van der Waals surface area contributed by atoms with Crippen molar-refractivity contribution < 1.29 is 9.53 Å². The van der Waals surface area contributed by atoms with Crippen molar-refractivity contribution >= 4 is 5.97 Å². The van der Waals surface area contributed by atoms with E-state index in [9.17, 15) is 4.79 Å². The third kappa shape index (κ3) is 3.43. The Morgan fingerprint density at radius 3 is 2.44 bits per heavy atom. The van der Waals surface area contributed by atoms with Gasteiger partial charge in [0.25, 0.3) is 0 Å². The van der Waals surface area contributed by atoms with Crippen molar-refractivity contribution in [1.29, 1.82) is 0 Å². The standard InChI is InChI=1S/C11H23N3O2/c1-3-4-13-5-7-14(8-6-13)10(9-12)11(15)16-2/h10H,3-9,12H2,1-2H3. The largest absolute Gasteiger partial charge is 0.468 e. The maximum atomic E-state index is 11.5. The van der Waals surface area contributed by atoms with Crippen molar-refractivity contribution in [2.24, 2.45) is 5.73 Å². The highest BCUT2D eigenvalue weighted by Gasteiger charge is 2.28. The van der Waals surface area contributed by atoms with Crippen LogP contribution in [0.2, 0.25) is 0 Å². The third-order valence-corrected chi connectivity index (χ3v) is 3.08. The molecule has 1 fully saturated rings. The zero-order chi connectivity index (χ0) is 12.0. The summed E-state index contributed by atoms with van der Waals surface area (Å²) in [5, 5.41) is 0. The summed E-state index contributed by atoms with van der Waals surface area (Å²) in [6, 6.07) is -0.270. The summed E-state index contributed by atoms with van der Waals surface area (Å²) in [6.45, 7) is 7.49. The number of hydrogen-bond acceptors (Lipinski definition) is 5. The van der Waals surface area contributed by atoms with Crippen molar-refractivity contribution in [3.05, 3.63) is 0 Å². The third-order valence-electron chi connectivity index (χ3n) is 3.08. The lowest BCUT2D eigenvalue weighted by molar-refractivity contribution is -0.147. The maximum Gasteiger partial charge on any atom is 0.324 e. The van der Waals surface area contributed by atoms with Crippen LogP contribution < -0.4 is 5.73 Å². The molecule has 94 valence electrons. The second kappa shape index (κ2) is 6.83. The number of carbonyl (C=O) groups is 1. The number of carbonyl (C=O) groups excluding carboxylic acids is 1. The Kier molecular flexibility index (Phi) is 5.73. The van der Waals surface area contributed by atoms with Gasteiger partial charge in [-0.1, -0.05) is 6.92 Å². The molecule has 1 heterocycles. The van der Waals surface area contributed by atoms with Crippen LogP contribution in [0.15, 0.2) is 0 Å².